The number of carbonyl (C=O) groups excluding carboxylic acids is 2. The molecule has 2 unspecified atom stereocenters. The van der Waals surface area contributed by atoms with E-state index < -0.39 is 0 Å². The summed E-state index contributed by atoms with van der Waals surface area (Å²) in [5.41, 5.74) is 3.27. The predicted molar refractivity (Wildman–Crippen MR) is 123 cm³/mol. The maximum atomic E-state index is 12.6. The van der Waals surface area contributed by atoms with Crippen molar-refractivity contribution in [1.29, 1.82) is 0 Å². The first-order chi connectivity index (χ1) is 14.9. The van der Waals surface area contributed by atoms with Crippen molar-refractivity contribution < 1.29 is 14.3 Å². The Morgan fingerprint density at radius 3 is 2.68 bits per heavy atom. The fourth-order valence-corrected chi connectivity index (χ4v) is 4.10. The lowest BCUT2D eigenvalue weighted by molar-refractivity contribution is -0.128. The number of rotatable bonds is 8. The van der Waals surface area contributed by atoms with Crippen LogP contribution in [0.4, 0.5) is 0 Å². The Labute approximate surface area is 185 Å². The van der Waals surface area contributed by atoms with Crippen LogP contribution in [0, 0.1) is 12.8 Å². The molecular formula is C26H34N2O3. The van der Waals surface area contributed by atoms with Crippen LogP contribution in [-0.4, -0.2) is 23.9 Å². The Hall–Kier alpha value is -2.82. The first kappa shape index (κ1) is 22.9. The highest BCUT2D eigenvalue weighted by Crippen LogP contribution is 2.25. The van der Waals surface area contributed by atoms with Gasteiger partial charge in [0.25, 0.3) is 0 Å². The topological polar surface area (TPSA) is 67.4 Å². The number of hydrogen-bond donors (Lipinski definition) is 2. The van der Waals surface area contributed by atoms with Crippen molar-refractivity contribution in [2.24, 2.45) is 5.92 Å². The third kappa shape index (κ3) is 7.12. The van der Waals surface area contributed by atoms with Crippen molar-refractivity contribution in [3.05, 3.63) is 65.2 Å². The minimum absolute atomic E-state index is 0.00836. The van der Waals surface area contributed by atoms with Gasteiger partial charge in [-0.2, -0.15) is 0 Å². The summed E-state index contributed by atoms with van der Waals surface area (Å²) >= 11 is 0. The van der Waals surface area contributed by atoms with Crippen molar-refractivity contribution in [1.82, 2.24) is 10.6 Å². The second kappa shape index (κ2) is 11.0. The van der Waals surface area contributed by atoms with Gasteiger partial charge in [0.1, 0.15) is 12.4 Å². The molecule has 0 bridgehead atoms. The molecule has 0 spiro atoms. The number of hydrogen-bond acceptors (Lipinski definition) is 3. The van der Waals surface area contributed by atoms with Gasteiger partial charge >= 0.3 is 0 Å². The van der Waals surface area contributed by atoms with E-state index in [1.807, 2.05) is 50.2 Å². The SMILES string of the molecule is Cc1ccccc1COc1cccc(CC(=O)NC2CCCC(C(=O)NC(C)C)C2)c1. The van der Waals surface area contributed by atoms with E-state index in [9.17, 15) is 9.59 Å². The molecule has 2 amide bonds. The van der Waals surface area contributed by atoms with E-state index >= 15 is 0 Å². The Balaban J connectivity index is 1.50. The zero-order valence-corrected chi connectivity index (χ0v) is 18.8. The molecule has 31 heavy (non-hydrogen) atoms. The average molecular weight is 423 g/mol. The van der Waals surface area contributed by atoms with Crippen LogP contribution < -0.4 is 15.4 Å². The zero-order chi connectivity index (χ0) is 22.2. The fraction of sp³-hybridized carbons (Fsp3) is 0.462. The summed E-state index contributed by atoms with van der Waals surface area (Å²) in [6.45, 7) is 6.52. The fourth-order valence-electron chi connectivity index (χ4n) is 4.10. The molecule has 0 radical (unpaired) electrons. The maximum absolute atomic E-state index is 12.6. The number of ether oxygens (including phenoxy) is 1. The van der Waals surface area contributed by atoms with E-state index in [4.69, 9.17) is 4.74 Å². The van der Waals surface area contributed by atoms with Crippen molar-refractivity contribution in [2.45, 2.75) is 71.6 Å². The third-order valence-corrected chi connectivity index (χ3v) is 5.76. The lowest BCUT2D eigenvalue weighted by Crippen LogP contribution is -2.44. The highest BCUT2D eigenvalue weighted by Gasteiger charge is 2.28. The molecule has 0 aromatic heterocycles. The molecule has 2 atom stereocenters. The third-order valence-electron chi connectivity index (χ3n) is 5.76. The van der Waals surface area contributed by atoms with E-state index in [1.54, 1.807) is 0 Å². The molecule has 1 aliphatic carbocycles. The van der Waals surface area contributed by atoms with Gasteiger partial charge in [0, 0.05) is 18.0 Å². The van der Waals surface area contributed by atoms with E-state index in [0.717, 1.165) is 36.1 Å². The van der Waals surface area contributed by atoms with Gasteiger partial charge in [-0.15, -0.1) is 0 Å². The van der Waals surface area contributed by atoms with Crippen LogP contribution in [0.25, 0.3) is 0 Å². The van der Waals surface area contributed by atoms with E-state index in [2.05, 4.69) is 29.7 Å². The molecule has 2 aromatic carbocycles. The van der Waals surface area contributed by atoms with Crippen LogP contribution in [0.1, 0.15) is 56.2 Å². The van der Waals surface area contributed by atoms with Crippen LogP contribution in [0.15, 0.2) is 48.5 Å². The minimum Gasteiger partial charge on any atom is -0.489 e. The summed E-state index contributed by atoms with van der Waals surface area (Å²) in [6, 6.07) is 16.1. The first-order valence-electron chi connectivity index (χ1n) is 11.3. The van der Waals surface area contributed by atoms with Crippen molar-refractivity contribution >= 4 is 11.8 Å². The van der Waals surface area contributed by atoms with E-state index in [1.165, 1.54) is 5.56 Å². The number of benzene rings is 2. The van der Waals surface area contributed by atoms with Crippen LogP contribution in [0.2, 0.25) is 0 Å². The van der Waals surface area contributed by atoms with Crippen LogP contribution in [-0.2, 0) is 22.6 Å². The first-order valence-corrected chi connectivity index (χ1v) is 11.3. The van der Waals surface area contributed by atoms with Crippen LogP contribution >= 0.6 is 0 Å². The monoisotopic (exact) mass is 422 g/mol. The summed E-state index contributed by atoms with van der Waals surface area (Å²) in [5.74, 6) is 0.842. The van der Waals surface area contributed by atoms with Gasteiger partial charge in [0.05, 0.1) is 6.42 Å². The molecule has 5 heteroatoms. The number of aryl methyl sites for hydroxylation is 1. The van der Waals surface area contributed by atoms with Gasteiger partial charge in [0.15, 0.2) is 0 Å². The minimum atomic E-state index is -0.0142. The van der Waals surface area contributed by atoms with Gasteiger partial charge in [-0.3, -0.25) is 9.59 Å². The summed E-state index contributed by atoms with van der Waals surface area (Å²) in [4.78, 5) is 24.9. The van der Waals surface area contributed by atoms with Crippen molar-refractivity contribution in [3.63, 3.8) is 0 Å². The molecule has 0 aliphatic heterocycles. The lowest BCUT2D eigenvalue weighted by Gasteiger charge is -2.29. The summed E-state index contributed by atoms with van der Waals surface area (Å²) < 4.78 is 5.94. The summed E-state index contributed by atoms with van der Waals surface area (Å²) in [7, 11) is 0. The van der Waals surface area contributed by atoms with E-state index in [-0.39, 0.29) is 29.8 Å². The molecule has 2 aromatic rings. The van der Waals surface area contributed by atoms with Crippen LogP contribution in [0.5, 0.6) is 5.75 Å². The Morgan fingerprint density at radius 2 is 1.90 bits per heavy atom. The molecule has 1 saturated carbocycles. The zero-order valence-electron chi connectivity index (χ0n) is 18.8. The van der Waals surface area contributed by atoms with Gasteiger partial charge in [0.2, 0.25) is 11.8 Å². The van der Waals surface area contributed by atoms with Gasteiger partial charge in [-0.25, -0.2) is 0 Å². The Kier molecular flexibility index (Phi) is 8.10. The molecule has 1 aliphatic rings. The average Bonchev–Trinajstić information content (AvgIpc) is 2.73. The van der Waals surface area contributed by atoms with Crippen molar-refractivity contribution in [3.8, 4) is 5.75 Å². The summed E-state index contributed by atoms with van der Waals surface area (Å²) in [6.07, 6.45) is 3.80. The Morgan fingerprint density at radius 1 is 1.10 bits per heavy atom. The predicted octanol–water partition coefficient (Wildman–Crippen LogP) is 4.32. The Bertz CT molecular complexity index is 894. The summed E-state index contributed by atoms with van der Waals surface area (Å²) in [5, 5.41) is 6.12. The normalized spacial score (nSPS) is 18.5. The smallest absolute Gasteiger partial charge is 0.224 e. The molecule has 166 valence electrons. The standard InChI is InChI=1S/C26H34N2O3/c1-18(2)27-26(30)21-11-7-12-23(16-21)28-25(29)15-20-9-6-13-24(14-20)31-17-22-10-5-4-8-19(22)3/h4-6,8-10,13-14,18,21,23H,7,11-12,15-17H2,1-3H3,(H,27,30)(H,28,29). The molecule has 0 saturated heterocycles. The molecule has 1 fully saturated rings. The lowest BCUT2D eigenvalue weighted by atomic mass is 9.85. The molecular weight excluding hydrogens is 388 g/mol. The molecule has 5 nitrogen and oxygen atoms in total. The number of nitrogens with one attached hydrogen (secondary N) is 2. The van der Waals surface area contributed by atoms with Gasteiger partial charge < -0.3 is 15.4 Å². The number of carbonyl (C=O) groups is 2. The largest absolute Gasteiger partial charge is 0.489 e. The quantitative estimate of drug-likeness (QED) is 0.666. The van der Waals surface area contributed by atoms with E-state index in [0.29, 0.717) is 19.4 Å². The second-order valence-electron chi connectivity index (χ2n) is 8.83. The molecule has 2 N–H and O–H groups in total. The second-order valence-corrected chi connectivity index (χ2v) is 8.83. The van der Waals surface area contributed by atoms with Crippen LogP contribution in [0.3, 0.4) is 0 Å². The van der Waals surface area contributed by atoms with Gasteiger partial charge in [-0.05, 0) is 68.9 Å². The molecule has 0 heterocycles. The highest BCUT2D eigenvalue weighted by atomic mass is 16.5. The number of amides is 2. The van der Waals surface area contributed by atoms with Gasteiger partial charge in [-0.1, -0.05) is 42.8 Å². The van der Waals surface area contributed by atoms with Crippen molar-refractivity contribution in [2.75, 3.05) is 0 Å². The highest BCUT2D eigenvalue weighted by molar-refractivity contribution is 5.80. The maximum Gasteiger partial charge on any atom is 0.224 e. The molecule has 3 rings (SSSR count).